The Kier molecular flexibility index (Phi) is 12.3. The van der Waals surface area contributed by atoms with Crippen molar-refractivity contribution in [2.45, 2.75) is 38.5 Å². The van der Waals surface area contributed by atoms with Crippen molar-refractivity contribution in [3.8, 4) is 66.8 Å². The fourth-order valence-electron chi connectivity index (χ4n) is 16.3. The molecule has 17 aromatic rings. The lowest BCUT2D eigenvalue weighted by molar-refractivity contribution is 0.660. The monoisotopic (exact) mass is 1230 g/mol. The van der Waals surface area contributed by atoms with Crippen molar-refractivity contribution >= 4 is 99.5 Å². The van der Waals surface area contributed by atoms with E-state index in [1.54, 1.807) is 0 Å². The largest absolute Gasteiger partial charge is 0.456 e. The van der Waals surface area contributed by atoms with Crippen molar-refractivity contribution in [1.29, 1.82) is 0 Å². The fraction of sp³-hybridized carbons (Fsp3) is 0.0652. The molecule has 0 atom stereocenters. The van der Waals surface area contributed by atoms with Crippen molar-refractivity contribution in [3.05, 3.63) is 338 Å². The third-order valence-electron chi connectivity index (χ3n) is 21.1. The molecule has 15 aromatic carbocycles. The van der Waals surface area contributed by atoms with E-state index in [0.29, 0.717) is 0 Å². The molecular weight excluding hydrogens is 1170 g/mol. The van der Waals surface area contributed by atoms with Crippen molar-refractivity contribution in [2.24, 2.45) is 0 Å². The van der Waals surface area contributed by atoms with E-state index in [0.717, 1.165) is 122 Å². The molecule has 0 fully saturated rings. The molecule has 4 heteroatoms. The third-order valence-corrected chi connectivity index (χ3v) is 21.1. The first-order chi connectivity index (χ1) is 47.1. The Hall–Kier alpha value is -12.0. The van der Waals surface area contributed by atoms with Gasteiger partial charge in [0.25, 0.3) is 0 Å². The molecule has 454 valence electrons. The Balaban J connectivity index is 0.899. The molecule has 2 aromatic heterocycles. The first-order valence-corrected chi connectivity index (χ1v) is 33.4. The summed E-state index contributed by atoms with van der Waals surface area (Å²) in [5.41, 5.74) is 28.9. The number of fused-ring (bicyclic) bond motifs is 14. The predicted octanol–water partition coefficient (Wildman–Crippen LogP) is 26.0. The maximum absolute atomic E-state index is 6.70. The summed E-state index contributed by atoms with van der Waals surface area (Å²) in [6, 6.07) is 116. The number of hydrogen-bond acceptors (Lipinski definition) is 4. The molecule has 0 spiro atoms. The van der Waals surface area contributed by atoms with Crippen LogP contribution in [0.5, 0.6) is 0 Å². The second-order valence-corrected chi connectivity index (χ2v) is 27.1. The van der Waals surface area contributed by atoms with E-state index >= 15 is 0 Å². The lowest BCUT2D eigenvalue weighted by Crippen LogP contribution is -2.15. The van der Waals surface area contributed by atoms with Crippen LogP contribution in [0.4, 0.5) is 34.1 Å². The number of benzene rings is 15. The van der Waals surface area contributed by atoms with E-state index in [1.165, 1.54) is 66.8 Å². The quantitative estimate of drug-likeness (QED) is 0.128. The topological polar surface area (TPSA) is 32.8 Å². The maximum atomic E-state index is 6.70. The van der Waals surface area contributed by atoms with E-state index in [2.05, 4.69) is 341 Å². The third kappa shape index (κ3) is 8.61. The van der Waals surface area contributed by atoms with Crippen LogP contribution in [-0.4, -0.2) is 0 Å². The van der Waals surface area contributed by atoms with Crippen LogP contribution in [0.25, 0.3) is 132 Å². The van der Waals surface area contributed by atoms with Crippen LogP contribution in [0.2, 0.25) is 0 Å². The van der Waals surface area contributed by atoms with Gasteiger partial charge in [0.05, 0.1) is 0 Å². The molecule has 0 radical (unpaired) electrons. The van der Waals surface area contributed by atoms with Gasteiger partial charge in [-0.1, -0.05) is 234 Å². The maximum Gasteiger partial charge on any atom is 0.137 e. The van der Waals surface area contributed by atoms with Gasteiger partial charge in [-0.25, -0.2) is 0 Å². The molecule has 0 bridgehead atoms. The van der Waals surface area contributed by atoms with E-state index in [4.69, 9.17) is 8.83 Å². The Labute approximate surface area is 557 Å². The van der Waals surface area contributed by atoms with E-state index < -0.39 is 0 Å². The zero-order valence-electron chi connectivity index (χ0n) is 53.7. The molecule has 0 amide bonds. The second kappa shape index (κ2) is 21.3. The SMILES string of the molecule is CC1(C)c2ccccc2-c2ccc(-c3c4ccc(N(c5ccc(-c6ccccc6)cc5)c5ccc6c(c5)oc5ccccc56)cc4c(-c4ccc5c(c4)C(C)(C)c4ccccc4-5)c4ccc(N(c5ccc(-c6ccccc6)cc5)c5ccc6c(c5)oc5ccccc56)cc34)cc21. The summed E-state index contributed by atoms with van der Waals surface area (Å²) in [5.74, 6) is 0. The van der Waals surface area contributed by atoms with Gasteiger partial charge in [0.2, 0.25) is 0 Å². The van der Waals surface area contributed by atoms with Crippen LogP contribution in [0.3, 0.4) is 0 Å². The number of furan rings is 2. The minimum atomic E-state index is -0.240. The first-order valence-electron chi connectivity index (χ1n) is 33.4. The lowest BCUT2D eigenvalue weighted by atomic mass is 9.79. The molecule has 19 rings (SSSR count). The standard InChI is InChI=1S/C92H64N2O2/c1-91(2)81-27-15-11-23-69(81)71-45-35-61(51-83(71)91)89-77-49-43-66(94(64-39-33-60(34-40-64)58-21-9-6-10-22-58)68-42-48-76-74-26-14-18-30-86(74)96-88(76)56-68)54-80(77)90(62-36-46-72-70-24-12-16-28-82(70)92(3,4)84(72)52-62)78-50-44-65(53-79(78)89)93(63-37-31-59(32-38-63)57-19-7-5-8-20-57)67-41-47-75-73-25-13-17-29-85(73)95-87(75)55-67/h5-56H,1-4H3. The van der Waals surface area contributed by atoms with Gasteiger partial charge in [-0.2, -0.15) is 0 Å². The highest BCUT2D eigenvalue weighted by Crippen LogP contribution is 2.55. The van der Waals surface area contributed by atoms with Crippen molar-refractivity contribution in [2.75, 3.05) is 9.80 Å². The fourth-order valence-corrected chi connectivity index (χ4v) is 16.3. The van der Waals surface area contributed by atoms with E-state index in [-0.39, 0.29) is 10.8 Å². The molecule has 2 heterocycles. The molecule has 0 aliphatic heterocycles. The zero-order chi connectivity index (χ0) is 64.0. The molecule has 0 unspecified atom stereocenters. The highest BCUT2D eigenvalue weighted by Gasteiger charge is 2.38. The smallest absolute Gasteiger partial charge is 0.137 e. The van der Waals surface area contributed by atoms with Crippen molar-refractivity contribution in [3.63, 3.8) is 0 Å². The summed E-state index contributed by atoms with van der Waals surface area (Å²) < 4.78 is 13.4. The molecule has 4 nitrogen and oxygen atoms in total. The summed E-state index contributed by atoms with van der Waals surface area (Å²) >= 11 is 0. The molecule has 0 saturated heterocycles. The molecule has 96 heavy (non-hydrogen) atoms. The van der Waals surface area contributed by atoms with Crippen molar-refractivity contribution < 1.29 is 8.83 Å². The number of nitrogens with zero attached hydrogens (tertiary/aromatic N) is 2. The van der Waals surface area contributed by atoms with Gasteiger partial charge < -0.3 is 18.6 Å². The van der Waals surface area contributed by atoms with E-state index in [9.17, 15) is 0 Å². The second-order valence-electron chi connectivity index (χ2n) is 27.1. The van der Waals surface area contributed by atoms with Gasteiger partial charge in [-0.3, -0.25) is 0 Å². The number of anilines is 6. The summed E-state index contributed by atoms with van der Waals surface area (Å²) in [6.45, 7) is 9.56. The van der Waals surface area contributed by atoms with Gasteiger partial charge in [0, 0.05) is 78.6 Å². The average molecular weight is 1230 g/mol. The van der Waals surface area contributed by atoms with Crippen LogP contribution in [-0.2, 0) is 10.8 Å². The van der Waals surface area contributed by atoms with Crippen LogP contribution in [0, 0.1) is 0 Å². The van der Waals surface area contributed by atoms with Crippen LogP contribution in [0.1, 0.15) is 49.9 Å². The van der Waals surface area contributed by atoms with Gasteiger partial charge in [0.1, 0.15) is 22.3 Å². The molecule has 0 N–H and O–H groups in total. The number of para-hydroxylation sites is 2. The van der Waals surface area contributed by atoms with Gasteiger partial charge in [-0.15, -0.1) is 0 Å². The highest BCUT2D eigenvalue weighted by atomic mass is 16.3. The molecule has 0 saturated carbocycles. The first kappa shape index (κ1) is 55.6. The normalized spacial score (nSPS) is 13.4. The van der Waals surface area contributed by atoms with Gasteiger partial charge in [0.15, 0.2) is 0 Å². The van der Waals surface area contributed by atoms with Crippen LogP contribution in [0.15, 0.2) is 324 Å². The Morgan fingerprint density at radius 3 is 0.948 bits per heavy atom. The van der Waals surface area contributed by atoms with E-state index in [1.807, 2.05) is 12.1 Å². The number of hydrogen-bond donors (Lipinski definition) is 0. The van der Waals surface area contributed by atoms with Gasteiger partial charge in [-0.05, 0) is 208 Å². The summed E-state index contributed by atoms with van der Waals surface area (Å²) in [7, 11) is 0. The molecular formula is C92H64N2O2. The predicted molar refractivity (Wildman–Crippen MR) is 402 cm³/mol. The summed E-state index contributed by atoms with van der Waals surface area (Å²) in [5, 5.41) is 9.00. The van der Waals surface area contributed by atoms with Crippen molar-refractivity contribution in [1.82, 2.24) is 0 Å². The number of rotatable bonds is 10. The zero-order valence-corrected chi connectivity index (χ0v) is 53.7. The minimum absolute atomic E-state index is 0.240. The summed E-state index contributed by atoms with van der Waals surface area (Å²) in [6.07, 6.45) is 0. The van der Waals surface area contributed by atoms with Crippen LogP contribution >= 0.6 is 0 Å². The summed E-state index contributed by atoms with van der Waals surface area (Å²) in [4.78, 5) is 4.82. The molecule has 2 aliphatic rings. The highest BCUT2D eigenvalue weighted by molar-refractivity contribution is 6.23. The average Bonchev–Trinajstić information content (AvgIpc) is 1.25. The van der Waals surface area contributed by atoms with Crippen LogP contribution < -0.4 is 9.80 Å². The Bertz CT molecular complexity index is 5640. The minimum Gasteiger partial charge on any atom is -0.456 e. The Morgan fingerprint density at radius 2 is 0.521 bits per heavy atom. The Morgan fingerprint density at radius 1 is 0.208 bits per heavy atom. The lowest BCUT2D eigenvalue weighted by Gasteiger charge is -2.29. The molecule has 2 aliphatic carbocycles. The van der Waals surface area contributed by atoms with Gasteiger partial charge >= 0.3 is 0 Å².